The molecule has 0 radical (unpaired) electrons. The van der Waals surface area contributed by atoms with Gasteiger partial charge in [-0.15, -0.1) is 0 Å². The van der Waals surface area contributed by atoms with E-state index in [0.717, 1.165) is 45.6 Å². The molecule has 2 atom stereocenters. The van der Waals surface area contributed by atoms with Crippen LogP contribution in [-0.4, -0.2) is 72.4 Å². The minimum Gasteiger partial charge on any atom is -0.392 e. The van der Waals surface area contributed by atoms with Crippen molar-refractivity contribution in [1.82, 2.24) is 9.80 Å². The zero-order valence-electron chi connectivity index (χ0n) is 11.2. The van der Waals surface area contributed by atoms with E-state index < -0.39 is 0 Å². The van der Waals surface area contributed by atoms with Crippen LogP contribution in [0.5, 0.6) is 0 Å². The molecule has 0 aromatic rings. The first-order valence-electron chi connectivity index (χ1n) is 6.95. The maximum atomic E-state index is 12.1. The van der Waals surface area contributed by atoms with E-state index in [1.54, 1.807) is 6.92 Å². The Hall–Kier alpha value is -0.650. The predicted octanol–water partition coefficient (Wildman–Crippen LogP) is 0.0805. The van der Waals surface area contributed by atoms with Crippen molar-refractivity contribution in [1.29, 1.82) is 0 Å². The fourth-order valence-corrected chi connectivity index (χ4v) is 2.68. The minimum absolute atomic E-state index is 0.146. The highest BCUT2D eigenvalue weighted by molar-refractivity contribution is 5.76. The molecule has 1 amide bonds. The molecule has 2 heterocycles. The molecule has 2 fully saturated rings. The first-order chi connectivity index (χ1) is 8.65. The second kappa shape index (κ2) is 6.50. The van der Waals surface area contributed by atoms with Gasteiger partial charge in [0.1, 0.15) is 0 Å². The van der Waals surface area contributed by atoms with E-state index in [-0.39, 0.29) is 18.1 Å². The quantitative estimate of drug-likeness (QED) is 0.774. The van der Waals surface area contributed by atoms with Crippen LogP contribution in [0.15, 0.2) is 0 Å². The van der Waals surface area contributed by atoms with Gasteiger partial charge in [-0.2, -0.15) is 0 Å². The lowest BCUT2D eigenvalue weighted by Crippen LogP contribution is -2.50. The lowest BCUT2D eigenvalue weighted by atomic mass is 10.1. The lowest BCUT2D eigenvalue weighted by Gasteiger charge is -2.35. The Morgan fingerprint density at radius 3 is 2.67 bits per heavy atom. The third kappa shape index (κ3) is 3.93. The van der Waals surface area contributed by atoms with Crippen LogP contribution in [0.25, 0.3) is 0 Å². The number of aliphatic hydroxyl groups is 1. The van der Waals surface area contributed by atoms with Gasteiger partial charge in [-0.3, -0.25) is 9.69 Å². The largest absolute Gasteiger partial charge is 0.392 e. The number of β-amino-alcohol motifs (C(OH)–C–C–N with tert-alkyl or cyclic N) is 1. The Balaban J connectivity index is 1.70. The lowest BCUT2D eigenvalue weighted by molar-refractivity contribution is -0.135. The summed E-state index contributed by atoms with van der Waals surface area (Å²) in [5.41, 5.74) is 0. The van der Waals surface area contributed by atoms with Gasteiger partial charge < -0.3 is 14.7 Å². The van der Waals surface area contributed by atoms with Crippen LogP contribution < -0.4 is 0 Å². The number of carbonyl (C=O) groups is 1. The Morgan fingerprint density at radius 2 is 2.11 bits per heavy atom. The number of hydrogen-bond acceptors (Lipinski definition) is 4. The molecular formula is C13H24N2O3. The highest BCUT2D eigenvalue weighted by Gasteiger charge is 2.25. The number of carbonyl (C=O) groups excluding carboxylic acids is 1. The van der Waals surface area contributed by atoms with Crippen LogP contribution in [0.1, 0.15) is 26.2 Å². The summed E-state index contributed by atoms with van der Waals surface area (Å²) in [5, 5.41) is 9.33. The molecule has 18 heavy (non-hydrogen) atoms. The summed E-state index contributed by atoms with van der Waals surface area (Å²) < 4.78 is 5.50. The topological polar surface area (TPSA) is 53.0 Å². The summed E-state index contributed by atoms with van der Waals surface area (Å²) >= 11 is 0. The van der Waals surface area contributed by atoms with Crippen molar-refractivity contribution in [3.05, 3.63) is 0 Å². The molecule has 0 saturated carbocycles. The smallest absolute Gasteiger partial charge is 0.225 e. The molecule has 0 aliphatic carbocycles. The third-order valence-electron chi connectivity index (χ3n) is 3.67. The van der Waals surface area contributed by atoms with Crippen molar-refractivity contribution in [2.45, 2.75) is 38.4 Å². The second-order valence-electron chi connectivity index (χ2n) is 5.37. The van der Waals surface area contributed by atoms with Crippen molar-refractivity contribution in [2.24, 2.45) is 0 Å². The van der Waals surface area contributed by atoms with E-state index >= 15 is 0 Å². The van der Waals surface area contributed by atoms with Crippen LogP contribution >= 0.6 is 0 Å². The maximum Gasteiger partial charge on any atom is 0.225 e. The monoisotopic (exact) mass is 256 g/mol. The van der Waals surface area contributed by atoms with Crippen LogP contribution in [0.2, 0.25) is 0 Å². The van der Waals surface area contributed by atoms with Crippen molar-refractivity contribution < 1.29 is 14.6 Å². The summed E-state index contributed by atoms with van der Waals surface area (Å²) in [6, 6.07) is 0. The number of nitrogens with zero attached hydrogens (tertiary/aromatic N) is 2. The number of amides is 1. The molecule has 5 nitrogen and oxygen atoms in total. The number of piperazine rings is 1. The van der Waals surface area contributed by atoms with Crippen molar-refractivity contribution in [2.75, 3.05) is 39.3 Å². The van der Waals surface area contributed by atoms with Crippen molar-refractivity contribution in [3.63, 3.8) is 0 Å². The van der Waals surface area contributed by atoms with E-state index in [1.807, 2.05) is 4.90 Å². The fourth-order valence-electron chi connectivity index (χ4n) is 2.68. The zero-order valence-corrected chi connectivity index (χ0v) is 11.2. The predicted molar refractivity (Wildman–Crippen MR) is 68.3 cm³/mol. The number of rotatable bonds is 4. The second-order valence-corrected chi connectivity index (χ2v) is 5.37. The summed E-state index contributed by atoms with van der Waals surface area (Å²) in [6.07, 6.45) is 2.50. The molecule has 2 aliphatic rings. The van der Waals surface area contributed by atoms with Crippen LogP contribution in [-0.2, 0) is 9.53 Å². The molecule has 0 spiro atoms. The third-order valence-corrected chi connectivity index (χ3v) is 3.67. The summed E-state index contributed by atoms with van der Waals surface area (Å²) in [4.78, 5) is 16.2. The molecular weight excluding hydrogens is 232 g/mol. The van der Waals surface area contributed by atoms with Gasteiger partial charge in [0.15, 0.2) is 0 Å². The van der Waals surface area contributed by atoms with Crippen LogP contribution in [0, 0.1) is 0 Å². The Morgan fingerprint density at radius 1 is 1.39 bits per heavy atom. The summed E-state index contributed by atoms with van der Waals surface area (Å²) in [5.74, 6) is 0.221. The van der Waals surface area contributed by atoms with Crippen molar-refractivity contribution >= 4 is 5.91 Å². The van der Waals surface area contributed by atoms with Crippen molar-refractivity contribution in [3.8, 4) is 0 Å². The highest BCUT2D eigenvalue weighted by Crippen LogP contribution is 2.17. The highest BCUT2D eigenvalue weighted by atomic mass is 16.5. The molecule has 2 aliphatic heterocycles. The number of hydrogen-bond donors (Lipinski definition) is 1. The first kappa shape index (κ1) is 13.8. The van der Waals surface area contributed by atoms with Gasteiger partial charge in [-0.25, -0.2) is 0 Å². The van der Waals surface area contributed by atoms with Gasteiger partial charge in [0, 0.05) is 39.3 Å². The number of aliphatic hydroxyl groups excluding tert-OH is 1. The van der Waals surface area contributed by atoms with Crippen LogP contribution in [0.3, 0.4) is 0 Å². The summed E-state index contributed by atoms with van der Waals surface area (Å²) in [7, 11) is 0. The van der Waals surface area contributed by atoms with Gasteiger partial charge >= 0.3 is 0 Å². The molecule has 0 bridgehead atoms. The normalized spacial score (nSPS) is 27.4. The van der Waals surface area contributed by atoms with Gasteiger partial charge in [-0.1, -0.05) is 0 Å². The Kier molecular flexibility index (Phi) is 4.97. The standard InChI is InChI=1S/C13H24N2O3/c1-11(16)10-14-4-6-15(7-5-14)13(17)9-12-3-2-8-18-12/h11-12,16H,2-10H2,1H3/t11-,12-/m1/s1. The van der Waals surface area contributed by atoms with E-state index in [4.69, 9.17) is 4.74 Å². The SMILES string of the molecule is C[C@@H](O)CN1CCN(C(=O)C[C@H]2CCCO2)CC1. The average molecular weight is 256 g/mol. The molecule has 0 unspecified atom stereocenters. The van der Waals surface area contributed by atoms with E-state index in [9.17, 15) is 9.90 Å². The van der Waals surface area contributed by atoms with Gasteiger partial charge in [0.05, 0.1) is 18.6 Å². The molecule has 2 saturated heterocycles. The maximum absolute atomic E-state index is 12.1. The molecule has 2 rings (SSSR count). The van der Waals surface area contributed by atoms with Gasteiger partial charge in [0.25, 0.3) is 0 Å². The molecule has 104 valence electrons. The van der Waals surface area contributed by atoms with Crippen LogP contribution in [0.4, 0.5) is 0 Å². The molecule has 0 aromatic carbocycles. The van der Waals surface area contributed by atoms with Gasteiger partial charge in [0.2, 0.25) is 5.91 Å². The van der Waals surface area contributed by atoms with E-state index in [2.05, 4.69) is 4.90 Å². The zero-order chi connectivity index (χ0) is 13.0. The Labute approximate surface area is 109 Å². The van der Waals surface area contributed by atoms with E-state index in [0.29, 0.717) is 13.0 Å². The molecule has 5 heteroatoms. The first-order valence-corrected chi connectivity index (χ1v) is 6.95. The molecule has 0 aromatic heterocycles. The molecule has 1 N–H and O–H groups in total. The summed E-state index contributed by atoms with van der Waals surface area (Å²) in [6.45, 7) is 6.59. The Bertz CT molecular complexity index is 269. The van der Waals surface area contributed by atoms with E-state index in [1.165, 1.54) is 0 Å². The minimum atomic E-state index is -0.292. The fraction of sp³-hybridized carbons (Fsp3) is 0.923. The van der Waals surface area contributed by atoms with Gasteiger partial charge in [-0.05, 0) is 19.8 Å². The average Bonchev–Trinajstić information content (AvgIpc) is 2.82. The number of ether oxygens (including phenoxy) is 1.